The molecule has 2 aliphatic rings. The van der Waals surface area contributed by atoms with Gasteiger partial charge in [0.15, 0.2) is 5.69 Å². The fourth-order valence-corrected chi connectivity index (χ4v) is 3.61. The van der Waals surface area contributed by atoms with Gasteiger partial charge in [0.25, 0.3) is 5.91 Å². The SMILES string of the molecule is CC1CCN(C(=O)c2cc3n(n2)CC(c2ccc(Cl)cc2)OC3)CC1. The lowest BCUT2D eigenvalue weighted by Gasteiger charge is -2.29. The molecule has 0 bridgehead atoms. The molecule has 0 spiro atoms. The minimum absolute atomic E-state index is 0.0387. The monoisotopic (exact) mass is 359 g/mol. The van der Waals surface area contributed by atoms with Gasteiger partial charge < -0.3 is 9.64 Å². The average Bonchev–Trinajstić information content (AvgIpc) is 3.05. The molecule has 0 N–H and O–H groups in total. The first-order valence-corrected chi connectivity index (χ1v) is 9.21. The van der Waals surface area contributed by atoms with Crippen LogP contribution in [0, 0.1) is 5.92 Å². The largest absolute Gasteiger partial charge is 0.365 e. The van der Waals surface area contributed by atoms with Crippen LogP contribution in [0.3, 0.4) is 0 Å². The third-order valence-electron chi connectivity index (χ3n) is 5.17. The molecule has 25 heavy (non-hydrogen) atoms. The smallest absolute Gasteiger partial charge is 0.274 e. The van der Waals surface area contributed by atoms with E-state index in [4.69, 9.17) is 16.3 Å². The number of likely N-dealkylation sites (tertiary alicyclic amines) is 1. The van der Waals surface area contributed by atoms with Crippen LogP contribution in [0.1, 0.15) is 47.6 Å². The Hall–Kier alpha value is -1.85. The molecule has 132 valence electrons. The number of carbonyl (C=O) groups excluding carboxylic acids is 1. The molecule has 1 atom stereocenters. The molecule has 3 heterocycles. The summed E-state index contributed by atoms with van der Waals surface area (Å²) in [6.07, 6.45) is 2.07. The summed E-state index contributed by atoms with van der Waals surface area (Å²) < 4.78 is 7.86. The van der Waals surface area contributed by atoms with E-state index in [-0.39, 0.29) is 12.0 Å². The van der Waals surface area contributed by atoms with Gasteiger partial charge in [-0.05, 0) is 42.5 Å². The molecule has 1 fully saturated rings. The molecular weight excluding hydrogens is 338 g/mol. The number of rotatable bonds is 2. The van der Waals surface area contributed by atoms with E-state index < -0.39 is 0 Å². The van der Waals surface area contributed by atoms with Crippen molar-refractivity contribution in [3.8, 4) is 0 Å². The molecule has 2 aliphatic heterocycles. The van der Waals surface area contributed by atoms with Crippen LogP contribution in [0.25, 0.3) is 0 Å². The summed E-state index contributed by atoms with van der Waals surface area (Å²) in [5, 5.41) is 5.27. The van der Waals surface area contributed by atoms with Crippen LogP contribution in [0.4, 0.5) is 0 Å². The van der Waals surface area contributed by atoms with E-state index in [9.17, 15) is 4.79 Å². The summed E-state index contributed by atoms with van der Waals surface area (Å²) in [5.41, 5.74) is 2.56. The fraction of sp³-hybridized carbons (Fsp3) is 0.474. The van der Waals surface area contributed by atoms with Crippen molar-refractivity contribution in [1.29, 1.82) is 0 Å². The number of aromatic nitrogens is 2. The summed E-state index contributed by atoms with van der Waals surface area (Å²) in [7, 11) is 0. The topological polar surface area (TPSA) is 47.4 Å². The molecule has 0 aliphatic carbocycles. The van der Waals surface area contributed by atoms with Gasteiger partial charge in [-0.2, -0.15) is 5.10 Å². The molecule has 5 nitrogen and oxygen atoms in total. The summed E-state index contributed by atoms with van der Waals surface area (Å²) in [4.78, 5) is 14.6. The van der Waals surface area contributed by atoms with E-state index >= 15 is 0 Å². The van der Waals surface area contributed by atoms with E-state index in [2.05, 4.69) is 12.0 Å². The van der Waals surface area contributed by atoms with Gasteiger partial charge >= 0.3 is 0 Å². The van der Waals surface area contributed by atoms with Crippen molar-refractivity contribution in [2.45, 2.75) is 39.0 Å². The Morgan fingerprint density at radius 1 is 1.24 bits per heavy atom. The lowest BCUT2D eigenvalue weighted by atomic mass is 9.99. The van der Waals surface area contributed by atoms with E-state index in [1.165, 1.54) is 0 Å². The molecule has 6 heteroatoms. The zero-order valence-corrected chi connectivity index (χ0v) is 15.1. The number of benzene rings is 1. The Balaban J connectivity index is 1.48. The highest BCUT2D eigenvalue weighted by Gasteiger charge is 2.27. The number of fused-ring (bicyclic) bond motifs is 1. The van der Waals surface area contributed by atoms with E-state index in [0.717, 1.165) is 37.2 Å². The summed E-state index contributed by atoms with van der Waals surface area (Å²) in [5.74, 6) is 0.740. The normalized spacial score (nSPS) is 21.2. The van der Waals surface area contributed by atoms with Crippen LogP contribution in [0.15, 0.2) is 30.3 Å². The third-order valence-corrected chi connectivity index (χ3v) is 5.42. The maximum Gasteiger partial charge on any atom is 0.274 e. The Morgan fingerprint density at radius 2 is 1.96 bits per heavy atom. The number of hydrogen-bond donors (Lipinski definition) is 0. The predicted molar refractivity (Wildman–Crippen MR) is 95.5 cm³/mol. The Morgan fingerprint density at radius 3 is 2.68 bits per heavy atom. The van der Waals surface area contributed by atoms with Gasteiger partial charge in [-0.3, -0.25) is 9.48 Å². The van der Waals surface area contributed by atoms with Gasteiger partial charge in [-0.1, -0.05) is 30.7 Å². The average molecular weight is 360 g/mol. The quantitative estimate of drug-likeness (QED) is 0.821. The minimum Gasteiger partial charge on any atom is -0.365 e. The Labute approximate surface area is 152 Å². The van der Waals surface area contributed by atoms with E-state index in [1.807, 2.05) is 39.9 Å². The van der Waals surface area contributed by atoms with Crippen LogP contribution >= 0.6 is 11.6 Å². The lowest BCUT2D eigenvalue weighted by molar-refractivity contribution is -0.00122. The molecule has 4 rings (SSSR count). The van der Waals surface area contributed by atoms with Crippen molar-refractivity contribution in [3.05, 3.63) is 52.3 Å². The fourth-order valence-electron chi connectivity index (χ4n) is 3.48. The first-order valence-electron chi connectivity index (χ1n) is 8.83. The summed E-state index contributed by atoms with van der Waals surface area (Å²) >= 11 is 5.95. The maximum absolute atomic E-state index is 12.7. The summed E-state index contributed by atoms with van der Waals surface area (Å²) in [6.45, 7) is 4.97. The van der Waals surface area contributed by atoms with Crippen LogP contribution < -0.4 is 0 Å². The van der Waals surface area contributed by atoms with E-state index in [1.54, 1.807) is 0 Å². The molecular formula is C19H22ClN3O2. The first kappa shape index (κ1) is 16.6. The van der Waals surface area contributed by atoms with Crippen molar-refractivity contribution < 1.29 is 9.53 Å². The van der Waals surface area contributed by atoms with Crippen LogP contribution in [0.5, 0.6) is 0 Å². The number of nitrogens with zero attached hydrogens (tertiary/aromatic N) is 3. The van der Waals surface area contributed by atoms with Gasteiger partial charge in [0.05, 0.1) is 18.8 Å². The number of ether oxygens (including phenoxy) is 1. The second-order valence-corrected chi connectivity index (χ2v) is 7.47. The highest BCUT2D eigenvalue weighted by Crippen LogP contribution is 2.28. The molecule has 1 unspecified atom stereocenters. The summed E-state index contributed by atoms with van der Waals surface area (Å²) in [6, 6.07) is 9.56. The first-order chi connectivity index (χ1) is 12.1. The second kappa shape index (κ2) is 6.81. The second-order valence-electron chi connectivity index (χ2n) is 7.03. The van der Waals surface area contributed by atoms with Gasteiger partial charge in [-0.25, -0.2) is 0 Å². The molecule has 1 saturated heterocycles. The predicted octanol–water partition coefficient (Wildman–Crippen LogP) is 3.68. The van der Waals surface area contributed by atoms with Gasteiger partial charge in [0, 0.05) is 18.1 Å². The third kappa shape index (κ3) is 3.44. The number of halogens is 1. The van der Waals surface area contributed by atoms with Crippen LogP contribution in [0.2, 0.25) is 5.02 Å². The number of hydrogen-bond acceptors (Lipinski definition) is 3. The molecule has 0 saturated carbocycles. The Kier molecular flexibility index (Phi) is 4.52. The number of piperidine rings is 1. The molecule has 1 amide bonds. The maximum atomic E-state index is 12.7. The molecule has 0 radical (unpaired) electrons. The van der Waals surface area contributed by atoms with Crippen molar-refractivity contribution in [2.24, 2.45) is 5.92 Å². The van der Waals surface area contributed by atoms with E-state index in [0.29, 0.717) is 29.8 Å². The van der Waals surface area contributed by atoms with Crippen molar-refractivity contribution in [1.82, 2.24) is 14.7 Å². The van der Waals surface area contributed by atoms with Crippen LogP contribution in [-0.4, -0.2) is 33.7 Å². The zero-order chi connectivity index (χ0) is 17.4. The van der Waals surface area contributed by atoms with Gasteiger partial charge in [0.2, 0.25) is 0 Å². The highest BCUT2D eigenvalue weighted by molar-refractivity contribution is 6.30. The molecule has 1 aromatic heterocycles. The minimum atomic E-state index is -0.0662. The highest BCUT2D eigenvalue weighted by atomic mass is 35.5. The molecule has 1 aromatic carbocycles. The van der Waals surface area contributed by atoms with Crippen LogP contribution in [-0.2, 0) is 17.9 Å². The Bertz CT molecular complexity index is 763. The van der Waals surface area contributed by atoms with Crippen molar-refractivity contribution >= 4 is 17.5 Å². The number of carbonyl (C=O) groups is 1. The lowest BCUT2D eigenvalue weighted by Crippen LogP contribution is -2.38. The van der Waals surface area contributed by atoms with Gasteiger partial charge in [0.1, 0.15) is 6.10 Å². The standard InChI is InChI=1S/C19H22ClN3O2/c1-13-6-8-22(9-7-13)19(24)17-10-16-12-25-18(11-23(16)21-17)14-2-4-15(20)5-3-14/h2-5,10,13,18H,6-9,11-12H2,1H3. The van der Waals surface area contributed by atoms with Crippen molar-refractivity contribution in [3.63, 3.8) is 0 Å². The van der Waals surface area contributed by atoms with Crippen molar-refractivity contribution in [2.75, 3.05) is 13.1 Å². The van der Waals surface area contributed by atoms with Gasteiger partial charge in [-0.15, -0.1) is 0 Å². The number of amides is 1. The zero-order valence-electron chi connectivity index (χ0n) is 14.3. The molecule has 2 aromatic rings.